The molecular formula is C13H20N2O3. The maximum absolute atomic E-state index is 12.5. The molecule has 0 bridgehead atoms. The molecular weight excluding hydrogens is 232 g/mol. The summed E-state index contributed by atoms with van der Waals surface area (Å²) in [5.74, 6) is -0.000139. The average Bonchev–Trinajstić information content (AvgIpc) is 2.70. The van der Waals surface area contributed by atoms with Gasteiger partial charge in [-0.05, 0) is 26.0 Å². The van der Waals surface area contributed by atoms with Gasteiger partial charge in [-0.15, -0.1) is 0 Å². The number of aliphatic hydroxyl groups is 1. The van der Waals surface area contributed by atoms with Crippen LogP contribution in [0.3, 0.4) is 0 Å². The lowest BCUT2D eigenvalue weighted by atomic mass is 10.2. The predicted molar refractivity (Wildman–Crippen MR) is 67.5 cm³/mol. The molecule has 5 nitrogen and oxygen atoms in total. The number of rotatable bonds is 2. The zero-order chi connectivity index (χ0) is 13.3. The summed E-state index contributed by atoms with van der Waals surface area (Å²) in [6.45, 7) is 4.79. The molecule has 0 radical (unpaired) electrons. The fourth-order valence-corrected chi connectivity index (χ4v) is 2.19. The van der Waals surface area contributed by atoms with Gasteiger partial charge >= 0.3 is 0 Å². The first kappa shape index (κ1) is 13.1. The molecule has 2 heterocycles. The lowest BCUT2D eigenvalue weighted by Gasteiger charge is -2.37. The SMILES string of the molecule is Cc1ccc(C(=O)N2C[C@@H](CO)OC[C@@H]2C)n1C. The van der Waals surface area contributed by atoms with Gasteiger partial charge in [0.15, 0.2) is 0 Å². The van der Waals surface area contributed by atoms with Crippen LogP contribution >= 0.6 is 0 Å². The van der Waals surface area contributed by atoms with Crippen molar-refractivity contribution in [2.24, 2.45) is 7.05 Å². The number of amides is 1. The fourth-order valence-electron chi connectivity index (χ4n) is 2.19. The monoisotopic (exact) mass is 252 g/mol. The van der Waals surface area contributed by atoms with Crippen LogP contribution in [0.5, 0.6) is 0 Å². The second-order valence-corrected chi connectivity index (χ2v) is 4.86. The van der Waals surface area contributed by atoms with Crippen molar-refractivity contribution < 1.29 is 14.6 Å². The number of hydrogen-bond acceptors (Lipinski definition) is 3. The number of nitrogens with zero attached hydrogens (tertiary/aromatic N) is 2. The van der Waals surface area contributed by atoms with E-state index in [9.17, 15) is 4.79 Å². The Morgan fingerprint density at radius 2 is 2.28 bits per heavy atom. The third kappa shape index (κ3) is 2.28. The van der Waals surface area contributed by atoms with E-state index in [1.807, 2.05) is 37.6 Å². The van der Waals surface area contributed by atoms with Crippen LogP contribution in [0.15, 0.2) is 12.1 Å². The molecule has 1 aromatic rings. The van der Waals surface area contributed by atoms with Crippen molar-refractivity contribution in [2.75, 3.05) is 19.8 Å². The summed E-state index contributed by atoms with van der Waals surface area (Å²) in [6, 6.07) is 3.81. The topological polar surface area (TPSA) is 54.7 Å². The molecule has 0 aliphatic carbocycles. The Morgan fingerprint density at radius 1 is 1.56 bits per heavy atom. The Bertz CT molecular complexity index is 441. The second kappa shape index (κ2) is 5.12. The van der Waals surface area contributed by atoms with Crippen LogP contribution in [0.25, 0.3) is 0 Å². The molecule has 0 aromatic carbocycles. The normalized spacial score (nSPS) is 24.3. The zero-order valence-electron chi connectivity index (χ0n) is 11.1. The van der Waals surface area contributed by atoms with Crippen molar-refractivity contribution in [2.45, 2.75) is 26.0 Å². The predicted octanol–water partition coefficient (Wildman–Crippen LogP) is 0.555. The minimum absolute atomic E-state index is 0.000139. The summed E-state index contributed by atoms with van der Waals surface area (Å²) in [7, 11) is 1.89. The molecule has 18 heavy (non-hydrogen) atoms. The van der Waals surface area contributed by atoms with Crippen LogP contribution in [0, 0.1) is 6.92 Å². The lowest BCUT2D eigenvalue weighted by Crippen LogP contribution is -2.52. The molecule has 0 saturated carbocycles. The molecule has 1 aliphatic heterocycles. The maximum atomic E-state index is 12.5. The number of aromatic nitrogens is 1. The molecule has 1 aromatic heterocycles. The van der Waals surface area contributed by atoms with Crippen LogP contribution in [-0.2, 0) is 11.8 Å². The van der Waals surface area contributed by atoms with Crippen LogP contribution in [0.4, 0.5) is 0 Å². The van der Waals surface area contributed by atoms with E-state index in [1.54, 1.807) is 4.90 Å². The minimum atomic E-state index is -0.272. The summed E-state index contributed by atoms with van der Waals surface area (Å²) in [5.41, 5.74) is 1.73. The molecule has 1 saturated heterocycles. The highest BCUT2D eigenvalue weighted by Gasteiger charge is 2.30. The molecule has 0 spiro atoms. The van der Waals surface area contributed by atoms with Crippen LogP contribution in [0.2, 0.25) is 0 Å². The molecule has 1 fully saturated rings. The number of carbonyl (C=O) groups excluding carboxylic acids is 1. The van der Waals surface area contributed by atoms with E-state index in [2.05, 4.69) is 0 Å². The third-order valence-electron chi connectivity index (χ3n) is 3.56. The summed E-state index contributed by atoms with van der Waals surface area (Å²) in [6.07, 6.45) is -0.272. The third-order valence-corrected chi connectivity index (χ3v) is 3.56. The van der Waals surface area contributed by atoms with E-state index in [4.69, 9.17) is 9.84 Å². The zero-order valence-corrected chi connectivity index (χ0v) is 11.1. The van der Waals surface area contributed by atoms with Crippen molar-refractivity contribution in [1.29, 1.82) is 0 Å². The average molecular weight is 252 g/mol. The number of morpholine rings is 1. The van der Waals surface area contributed by atoms with E-state index >= 15 is 0 Å². The second-order valence-electron chi connectivity index (χ2n) is 4.86. The number of ether oxygens (including phenoxy) is 1. The minimum Gasteiger partial charge on any atom is -0.394 e. The van der Waals surface area contributed by atoms with Crippen LogP contribution < -0.4 is 0 Å². The Morgan fingerprint density at radius 3 is 2.83 bits per heavy atom. The number of hydrogen-bond donors (Lipinski definition) is 1. The Labute approximate surface area is 107 Å². The van der Waals surface area contributed by atoms with E-state index in [-0.39, 0.29) is 24.7 Å². The van der Waals surface area contributed by atoms with Crippen LogP contribution in [-0.4, -0.2) is 52.4 Å². The standard InChI is InChI=1S/C13H20N2O3/c1-9-4-5-12(14(9)3)13(17)15-6-11(7-16)18-8-10(15)2/h4-5,10-11,16H,6-8H2,1-3H3/t10-,11-/m0/s1. The van der Waals surface area contributed by atoms with Crippen molar-refractivity contribution >= 4 is 5.91 Å². The van der Waals surface area contributed by atoms with Gasteiger partial charge in [-0.25, -0.2) is 0 Å². The van der Waals surface area contributed by atoms with Crippen molar-refractivity contribution in [3.8, 4) is 0 Å². The Kier molecular flexibility index (Phi) is 3.73. The highest BCUT2D eigenvalue weighted by atomic mass is 16.5. The van der Waals surface area contributed by atoms with Crippen LogP contribution in [0.1, 0.15) is 23.1 Å². The first-order valence-electron chi connectivity index (χ1n) is 6.20. The molecule has 100 valence electrons. The van der Waals surface area contributed by atoms with Crippen molar-refractivity contribution in [3.05, 3.63) is 23.5 Å². The van der Waals surface area contributed by atoms with Crippen molar-refractivity contribution in [3.63, 3.8) is 0 Å². The van der Waals surface area contributed by atoms with Gasteiger partial charge in [0.25, 0.3) is 5.91 Å². The quantitative estimate of drug-likeness (QED) is 0.836. The molecule has 2 rings (SSSR count). The smallest absolute Gasteiger partial charge is 0.270 e. The summed E-state index contributed by atoms with van der Waals surface area (Å²) in [4.78, 5) is 14.3. The Balaban J connectivity index is 2.19. The maximum Gasteiger partial charge on any atom is 0.270 e. The lowest BCUT2D eigenvalue weighted by molar-refractivity contribution is -0.0669. The highest BCUT2D eigenvalue weighted by molar-refractivity contribution is 5.93. The number of aliphatic hydroxyl groups excluding tert-OH is 1. The van der Waals surface area contributed by atoms with Gasteiger partial charge in [0.1, 0.15) is 5.69 Å². The number of carbonyl (C=O) groups is 1. The molecule has 1 amide bonds. The van der Waals surface area contributed by atoms with E-state index in [1.165, 1.54) is 0 Å². The van der Waals surface area contributed by atoms with Gasteiger partial charge < -0.3 is 19.3 Å². The van der Waals surface area contributed by atoms with Gasteiger partial charge in [-0.1, -0.05) is 0 Å². The fraction of sp³-hybridized carbons (Fsp3) is 0.615. The largest absolute Gasteiger partial charge is 0.394 e. The van der Waals surface area contributed by atoms with Gasteiger partial charge in [0, 0.05) is 19.3 Å². The van der Waals surface area contributed by atoms with E-state index in [0.717, 1.165) is 5.69 Å². The van der Waals surface area contributed by atoms with Gasteiger partial charge in [0.2, 0.25) is 0 Å². The van der Waals surface area contributed by atoms with E-state index in [0.29, 0.717) is 18.8 Å². The molecule has 1 aliphatic rings. The Hall–Kier alpha value is -1.33. The van der Waals surface area contributed by atoms with Gasteiger partial charge in [0.05, 0.1) is 25.4 Å². The summed E-state index contributed by atoms with van der Waals surface area (Å²) >= 11 is 0. The first-order valence-corrected chi connectivity index (χ1v) is 6.20. The highest BCUT2D eigenvalue weighted by Crippen LogP contribution is 2.16. The molecule has 5 heteroatoms. The van der Waals surface area contributed by atoms with Gasteiger partial charge in [-0.2, -0.15) is 0 Å². The molecule has 0 unspecified atom stereocenters. The van der Waals surface area contributed by atoms with Gasteiger partial charge in [-0.3, -0.25) is 4.79 Å². The summed E-state index contributed by atoms with van der Waals surface area (Å²) in [5, 5.41) is 9.14. The van der Waals surface area contributed by atoms with E-state index < -0.39 is 0 Å². The van der Waals surface area contributed by atoms with Crippen molar-refractivity contribution in [1.82, 2.24) is 9.47 Å². The number of aryl methyl sites for hydroxylation is 1. The summed E-state index contributed by atoms with van der Waals surface area (Å²) < 4.78 is 7.33. The molecule has 1 N–H and O–H groups in total. The molecule has 2 atom stereocenters. The first-order chi connectivity index (χ1) is 8.54.